The molecule has 0 fully saturated rings. The number of carbonyl (C=O) groups is 2. The summed E-state index contributed by atoms with van der Waals surface area (Å²) in [4.78, 5) is 23.1. The van der Waals surface area contributed by atoms with Crippen LogP contribution >= 0.6 is 11.6 Å². The summed E-state index contributed by atoms with van der Waals surface area (Å²) in [5.41, 5.74) is 3.41. The van der Waals surface area contributed by atoms with Crippen LogP contribution in [0.3, 0.4) is 0 Å². The highest BCUT2D eigenvalue weighted by Crippen LogP contribution is 2.21. The molecule has 2 rings (SSSR count). The molecule has 2 aromatic rings. The first-order valence-electron chi connectivity index (χ1n) is 7.31. The molecule has 0 aliphatic carbocycles. The van der Waals surface area contributed by atoms with E-state index in [2.05, 4.69) is 0 Å². The summed E-state index contributed by atoms with van der Waals surface area (Å²) in [7, 11) is 1.56. The number of ketones is 1. The van der Waals surface area contributed by atoms with Crippen LogP contribution in [0.25, 0.3) is 12.2 Å². The van der Waals surface area contributed by atoms with Crippen molar-refractivity contribution in [2.75, 3.05) is 7.11 Å². The van der Waals surface area contributed by atoms with Crippen LogP contribution in [0.5, 0.6) is 5.75 Å². The van der Waals surface area contributed by atoms with E-state index in [-0.39, 0.29) is 5.78 Å². The second-order valence-electron chi connectivity index (χ2n) is 5.02. The summed E-state index contributed by atoms with van der Waals surface area (Å²) in [6.07, 6.45) is 5.75. The molecule has 0 aliphatic rings. The number of methoxy groups -OCH3 is 1. The minimum Gasteiger partial charge on any atom is -0.497 e. The number of hydroxylamine groups is 1. The lowest BCUT2D eigenvalue weighted by Gasteiger charge is -2.02. The highest BCUT2D eigenvalue weighted by Gasteiger charge is 2.03. The van der Waals surface area contributed by atoms with Gasteiger partial charge in [-0.25, -0.2) is 5.48 Å². The van der Waals surface area contributed by atoms with Gasteiger partial charge in [-0.1, -0.05) is 23.7 Å². The second kappa shape index (κ2) is 8.82. The van der Waals surface area contributed by atoms with E-state index in [1.807, 2.05) is 0 Å². The zero-order chi connectivity index (χ0) is 18.2. The first-order chi connectivity index (χ1) is 12.0. The summed E-state index contributed by atoms with van der Waals surface area (Å²) in [6, 6.07) is 11.9. The number of hydrogen-bond acceptors (Lipinski definition) is 4. The van der Waals surface area contributed by atoms with Crippen LogP contribution < -0.4 is 10.2 Å². The zero-order valence-corrected chi connectivity index (χ0v) is 14.2. The van der Waals surface area contributed by atoms with E-state index in [0.29, 0.717) is 27.5 Å². The highest BCUT2D eigenvalue weighted by molar-refractivity contribution is 6.32. The van der Waals surface area contributed by atoms with Gasteiger partial charge in [0.2, 0.25) is 0 Å². The van der Waals surface area contributed by atoms with E-state index in [9.17, 15) is 9.59 Å². The van der Waals surface area contributed by atoms with Crippen molar-refractivity contribution in [3.05, 3.63) is 76.3 Å². The van der Waals surface area contributed by atoms with Gasteiger partial charge < -0.3 is 4.74 Å². The van der Waals surface area contributed by atoms with Gasteiger partial charge in [-0.3, -0.25) is 14.8 Å². The minimum atomic E-state index is -0.634. The lowest BCUT2D eigenvalue weighted by atomic mass is 10.1. The average Bonchev–Trinajstić information content (AvgIpc) is 2.65. The Bertz CT molecular complexity index is 826. The van der Waals surface area contributed by atoms with Crippen molar-refractivity contribution >= 4 is 35.4 Å². The van der Waals surface area contributed by atoms with E-state index in [4.69, 9.17) is 21.5 Å². The van der Waals surface area contributed by atoms with Gasteiger partial charge in [0.05, 0.1) is 7.11 Å². The topological polar surface area (TPSA) is 75.6 Å². The molecule has 5 nitrogen and oxygen atoms in total. The fourth-order valence-corrected chi connectivity index (χ4v) is 2.26. The molecule has 0 radical (unpaired) electrons. The summed E-state index contributed by atoms with van der Waals surface area (Å²) < 4.78 is 5.06. The van der Waals surface area contributed by atoms with E-state index < -0.39 is 5.91 Å². The Balaban J connectivity index is 2.10. The number of hydrogen-bond donors (Lipinski definition) is 2. The predicted molar refractivity (Wildman–Crippen MR) is 96.8 cm³/mol. The summed E-state index contributed by atoms with van der Waals surface area (Å²) in [5.74, 6) is -0.102. The molecule has 0 saturated carbocycles. The Morgan fingerprint density at radius 2 is 1.80 bits per heavy atom. The van der Waals surface area contributed by atoms with Gasteiger partial charge >= 0.3 is 0 Å². The van der Waals surface area contributed by atoms with Crippen LogP contribution in [0, 0.1) is 0 Å². The number of nitrogens with one attached hydrogen (secondary N) is 1. The number of amides is 1. The maximum Gasteiger partial charge on any atom is 0.267 e. The number of allylic oxidation sites excluding steroid dienone is 1. The standard InChI is InChI=1S/C19H16ClNO4/c1-25-16-8-5-15(6-9-16)18(22)10-7-14-4-2-13(12-17(14)20)3-11-19(23)21-24/h2-12,24H,1H3,(H,21,23)/b10-7+,11-3+. The van der Waals surface area contributed by atoms with Gasteiger partial charge in [-0.05, 0) is 59.7 Å². The molecule has 0 aliphatic heterocycles. The molecule has 0 unspecified atom stereocenters. The average molecular weight is 358 g/mol. The third-order valence-electron chi connectivity index (χ3n) is 3.35. The van der Waals surface area contributed by atoms with Crippen molar-refractivity contribution in [2.45, 2.75) is 0 Å². The molecule has 6 heteroatoms. The number of benzene rings is 2. The molecular weight excluding hydrogens is 342 g/mol. The number of rotatable bonds is 6. The molecule has 1 amide bonds. The Kier molecular flexibility index (Phi) is 6.51. The Morgan fingerprint density at radius 1 is 1.08 bits per heavy atom. The quantitative estimate of drug-likeness (QED) is 0.357. The van der Waals surface area contributed by atoms with Gasteiger partial charge in [0.1, 0.15) is 5.75 Å². The first-order valence-corrected chi connectivity index (χ1v) is 7.69. The molecule has 0 heterocycles. The number of halogens is 1. The minimum absolute atomic E-state index is 0.151. The van der Waals surface area contributed by atoms with Crippen LogP contribution in [0.2, 0.25) is 5.02 Å². The first kappa shape index (κ1) is 18.4. The van der Waals surface area contributed by atoms with Crippen molar-refractivity contribution in [2.24, 2.45) is 0 Å². The number of carbonyl (C=O) groups excluding carboxylic acids is 2. The fourth-order valence-electron chi connectivity index (χ4n) is 2.01. The molecular formula is C19H16ClNO4. The SMILES string of the molecule is COc1ccc(C(=O)/C=C/c2ccc(/C=C/C(=O)NO)cc2Cl)cc1. The van der Waals surface area contributed by atoms with Gasteiger partial charge in [0.15, 0.2) is 5.78 Å². The highest BCUT2D eigenvalue weighted by atomic mass is 35.5. The van der Waals surface area contributed by atoms with E-state index in [1.165, 1.54) is 23.7 Å². The van der Waals surface area contributed by atoms with Crippen LogP contribution in [0.15, 0.2) is 54.6 Å². The smallest absolute Gasteiger partial charge is 0.267 e. The molecule has 0 saturated heterocycles. The van der Waals surface area contributed by atoms with Crippen LogP contribution in [-0.2, 0) is 4.79 Å². The Hall–Kier alpha value is -2.89. The summed E-state index contributed by atoms with van der Waals surface area (Å²) in [5, 5.41) is 8.87. The van der Waals surface area contributed by atoms with Crippen molar-refractivity contribution in [1.29, 1.82) is 0 Å². The maximum atomic E-state index is 12.2. The molecule has 0 aromatic heterocycles. The Morgan fingerprint density at radius 3 is 2.40 bits per heavy atom. The van der Waals surface area contributed by atoms with Crippen molar-refractivity contribution in [3.8, 4) is 5.75 Å². The second-order valence-corrected chi connectivity index (χ2v) is 5.42. The molecule has 2 aromatic carbocycles. The van der Waals surface area contributed by atoms with E-state index in [1.54, 1.807) is 55.7 Å². The monoisotopic (exact) mass is 357 g/mol. The molecule has 0 atom stereocenters. The largest absolute Gasteiger partial charge is 0.497 e. The lowest BCUT2D eigenvalue weighted by molar-refractivity contribution is -0.124. The summed E-state index contributed by atoms with van der Waals surface area (Å²) in [6.45, 7) is 0. The van der Waals surface area contributed by atoms with Gasteiger partial charge in [0, 0.05) is 16.7 Å². The lowest BCUT2D eigenvalue weighted by Crippen LogP contribution is -2.14. The van der Waals surface area contributed by atoms with Crippen LogP contribution in [0.4, 0.5) is 0 Å². The maximum absolute atomic E-state index is 12.2. The molecule has 25 heavy (non-hydrogen) atoms. The normalized spacial score (nSPS) is 11.0. The fraction of sp³-hybridized carbons (Fsp3) is 0.0526. The molecule has 0 bridgehead atoms. The molecule has 0 spiro atoms. The van der Waals surface area contributed by atoms with E-state index in [0.717, 1.165) is 0 Å². The summed E-state index contributed by atoms with van der Waals surface area (Å²) >= 11 is 6.18. The zero-order valence-electron chi connectivity index (χ0n) is 13.4. The van der Waals surface area contributed by atoms with Gasteiger partial charge in [-0.15, -0.1) is 0 Å². The third kappa shape index (κ3) is 5.31. The third-order valence-corrected chi connectivity index (χ3v) is 3.68. The van der Waals surface area contributed by atoms with Gasteiger partial charge in [-0.2, -0.15) is 0 Å². The Labute approximate surface area is 150 Å². The molecule has 128 valence electrons. The van der Waals surface area contributed by atoms with Crippen molar-refractivity contribution in [1.82, 2.24) is 5.48 Å². The van der Waals surface area contributed by atoms with Gasteiger partial charge in [0.25, 0.3) is 5.91 Å². The van der Waals surface area contributed by atoms with Crippen molar-refractivity contribution in [3.63, 3.8) is 0 Å². The van der Waals surface area contributed by atoms with Crippen LogP contribution in [0.1, 0.15) is 21.5 Å². The predicted octanol–water partition coefficient (Wildman–Crippen LogP) is 3.76. The molecule has 2 N–H and O–H groups in total. The number of ether oxygens (including phenoxy) is 1. The van der Waals surface area contributed by atoms with Crippen LogP contribution in [-0.4, -0.2) is 24.0 Å². The van der Waals surface area contributed by atoms with E-state index >= 15 is 0 Å². The van der Waals surface area contributed by atoms with Crippen molar-refractivity contribution < 1.29 is 19.5 Å².